The highest BCUT2D eigenvalue weighted by Gasteiger charge is 2.26. The van der Waals surface area contributed by atoms with Gasteiger partial charge in [-0.15, -0.1) is 0 Å². The van der Waals surface area contributed by atoms with Crippen LogP contribution in [0.5, 0.6) is 0 Å². The molecule has 0 saturated carbocycles. The number of aliphatic hydroxyl groups excluding tert-OH is 1. The second-order valence-electron chi connectivity index (χ2n) is 5.54. The summed E-state index contributed by atoms with van der Waals surface area (Å²) in [6.45, 7) is 3.40. The van der Waals surface area contributed by atoms with Crippen molar-refractivity contribution in [3.05, 3.63) is 24.1 Å². The number of pyridine rings is 1. The molecule has 2 heterocycles. The molecule has 2 amide bonds. The van der Waals surface area contributed by atoms with E-state index in [4.69, 9.17) is 0 Å². The molecule has 1 aromatic rings. The monoisotopic (exact) mass is 310 g/mol. The number of nitrogens with one attached hydrogen (secondary N) is 2. The summed E-state index contributed by atoms with van der Waals surface area (Å²) >= 11 is 0. The average Bonchev–Trinajstić information content (AvgIpc) is 2.94. The largest absolute Gasteiger partial charge is 0.391 e. The summed E-state index contributed by atoms with van der Waals surface area (Å²) in [7, 11) is 0. The molecule has 7 heteroatoms. The lowest BCUT2D eigenvalue weighted by atomic mass is 10.2. The van der Waals surface area contributed by atoms with E-state index in [9.17, 15) is 14.3 Å². The lowest BCUT2D eigenvalue weighted by Crippen LogP contribution is -2.45. The highest BCUT2D eigenvalue weighted by molar-refractivity contribution is 5.74. The Morgan fingerprint density at radius 1 is 1.64 bits per heavy atom. The third-order valence-electron chi connectivity index (χ3n) is 3.68. The van der Waals surface area contributed by atoms with Gasteiger partial charge in [-0.1, -0.05) is 13.3 Å². The van der Waals surface area contributed by atoms with Crippen LogP contribution in [0.2, 0.25) is 0 Å². The first-order chi connectivity index (χ1) is 10.6. The first-order valence-corrected chi connectivity index (χ1v) is 7.68. The van der Waals surface area contributed by atoms with Gasteiger partial charge in [0.25, 0.3) is 0 Å². The summed E-state index contributed by atoms with van der Waals surface area (Å²) in [5.41, 5.74) is 0. The molecule has 122 valence electrons. The summed E-state index contributed by atoms with van der Waals surface area (Å²) in [4.78, 5) is 17.6. The van der Waals surface area contributed by atoms with Crippen LogP contribution in [0.15, 0.2) is 18.3 Å². The summed E-state index contributed by atoms with van der Waals surface area (Å²) in [5, 5.41) is 15.1. The van der Waals surface area contributed by atoms with E-state index >= 15 is 0 Å². The van der Waals surface area contributed by atoms with Crippen molar-refractivity contribution in [3.8, 4) is 0 Å². The maximum absolute atomic E-state index is 13.7. The van der Waals surface area contributed by atoms with Crippen molar-refractivity contribution in [2.75, 3.05) is 24.5 Å². The van der Waals surface area contributed by atoms with Crippen molar-refractivity contribution >= 4 is 11.8 Å². The number of hydrogen-bond acceptors (Lipinski definition) is 4. The van der Waals surface area contributed by atoms with Crippen LogP contribution >= 0.6 is 0 Å². The molecular formula is C15H23FN4O2. The Kier molecular flexibility index (Phi) is 5.94. The number of anilines is 1. The summed E-state index contributed by atoms with van der Waals surface area (Å²) in [5.74, 6) is -0.0270. The first kappa shape index (κ1) is 16.5. The number of aromatic nitrogens is 1. The van der Waals surface area contributed by atoms with Crippen LogP contribution in [-0.2, 0) is 0 Å². The topological polar surface area (TPSA) is 77.5 Å². The Hall–Kier alpha value is -1.89. The molecule has 1 aliphatic heterocycles. The van der Waals surface area contributed by atoms with Crippen LogP contribution in [-0.4, -0.2) is 47.9 Å². The SMILES string of the molecule is CCCC(O)CNC(=O)NC1CCN(c2ncccc2F)C1. The van der Waals surface area contributed by atoms with Gasteiger partial charge in [-0.2, -0.15) is 0 Å². The number of urea groups is 1. The van der Waals surface area contributed by atoms with Gasteiger partial charge in [0, 0.05) is 31.9 Å². The lowest BCUT2D eigenvalue weighted by molar-refractivity contribution is 0.160. The summed E-state index contributed by atoms with van der Waals surface area (Å²) in [6, 6.07) is 2.58. The number of hydrogen-bond donors (Lipinski definition) is 3. The van der Waals surface area contributed by atoms with Crippen LogP contribution < -0.4 is 15.5 Å². The molecule has 22 heavy (non-hydrogen) atoms. The van der Waals surface area contributed by atoms with Gasteiger partial charge in [0.2, 0.25) is 0 Å². The van der Waals surface area contributed by atoms with Crippen molar-refractivity contribution in [1.29, 1.82) is 0 Å². The van der Waals surface area contributed by atoms with E-state index in [1.807, 2.05) is 11.8 Å². The van der Waals surface area contributed by atoms with Crippen molar-refractivity contribution in [2.24, 2.45) is 0 Å². The zero-order chi connectivity index (χ0) is 15.9. The van der Waals surface area contributed by atoms with E-state index in [1.165, 1.54) is 6.07 Å². The minimum Gasteiger partial charge on any atom is -0.391 e. The molecule has 0 radical (unpaired) electrons. The smallest absolute Gasteiger partial charge is 0.315 e. The quantitative estimate of drug-likeness (QED) is 0.739. The Morgan fingerprint density at radius 3 is 3.18 bits per heavy atom. The molecule has 6 nitrogen and oxygen atoms in total. The normalized spacial score (nSPS) is 19.0. The maximum atomic E-state index is 13.7. The molecule has 0 aliphatic carbocycles. The predicted molar refractivity (Wildman–Crippen MR) is 82.3 cm³/mol. The first-order valence-electron chi connectivity index (χ1n) is 7.68. The van der Waals surface area contributed by atoms with Crippen molar-refractivity contribution in [3.63, 3.8) is 0 Å². The molecule has 1 aromatic heterocycles. The number of carbonyl (C=O) groups excluding carboxylic acids is 1. The number of aliphatic hydroxyl groups is 1. The molecule has 1 saturated heterocycles. The zero-order valence-electron chi connectivity index (χ0n) is 12.8. The van der Waals surface area contributed by atoms with E-state index in [0.29, 0.717) is 25.3 Å². The molecule has 0 bridgehead atoms. The maximum Gasteiger partial charge on any atom is 0.315 e. The number of nitrogens with zero attached hydrogens (tertiary/aromatic N) is 2. The van der Waals surface area contributed by atoms with E-state index < -0.39 is 6.10 Å². The van der Waals surface area contributed by atoms with Crippen LogP contribution in [0.1, 0.15) is 26.2 Å². The number of carbonyl (C=O) groups is 1. The minimum atomic E-state index is -0.515. The van der Waals surface area contributed by atoms with Gasteiger partial charge in [-0.3, -0.25) is 0 Å². The molecule has 3 N–H and O–H groups in total. The van der Waals surface area contributed by atoms with Crippen LogP contribution in [0.4, 0.5) is 15.0 Å². The highest BCUT2D eigenvalue weighted by atomic mass is 19.1. The van der Waals surface area contributed by atoms with E-state index in [0.717, 1.165) is 12.8 Å². The van der Waals surface area contributed by atoms with Gasteiger partial charge in [0.15, 0.2) is 11.6 Å². The fraction of sp³-hybridized carbons (Fsp3) is 0.600. The Morgan fingerprint density at radius 2 is 2.45 bits per heavy atom. The molecule has 1 aliphatic rings. The fourth-order valence-corrected chi connectivity index (χ4v) is 2.56. The molecular weight excluding hydrogens is 287 g/mol. The van der Waals surface area contributed by atoms with Gasteiger partial charge >= 0.3 is 6.03 Å². The third-order valence-corrected chi connectivity index (χ3v) is 3.68. The molecule has 0 aromatic carbocycles. The molecule has 2 atom stereocenters. The number of amides is 2. The van der Waals surface area contributed by atoms with Crippen molar-refractivity contribution in [2.45, 2.75) is 38.3 Å². The molecule has 0 spiro atoms. The van der Waals surface area contributed by atoms with Crippen LogP contribution in [0.25, 0.3) is 0 Å². The van der Waals surface area contributed by atoms with Gasteiger partial charge in [0.05, 0.1) is 6.10 Å². The van der Waals surface area contributed by atoms with Gasteiger partial charge in [0.1, 0.15) is 0 Å². The summed E-state index contributed by atoms with van der Waals surface area (Å²) < 4.78 is 13.7. The predicted octanol–water partition coefficient (Wildman–Crippen LogP) is 1.26. The van der Waals surface area contributed by atoms with E-state index in [1.54, 1.807) is 12.3 Å². The lowest BCUT2D eigenvalue weighted by Gasteiger charge is -2.18. The van der Waals surface area contributed by atoms with E-state index in [-0.39, 0.29) is 24.4 Å². The Balaban J connectivity index is 1.77. The molecule has 1 fully saturated rings. The minimum absolute atomic E-state index is 0.0512. The highest BCUT2D eigenvalue weighted by Crippen LogP contribution is 2.20. The van der Waals surface area contributed by atoms with Gasteiger partial charge in [-0.25, -0.2) is 14.2 Å². The standard InChI is InChI=1S/C15H23FN4O2/c1-2-4-12(21)9-18-15(22)19-11-6-8-20(10-11)14-13(16)5-3-7-17-14/h3,5,7,11-12,21H,2,4,6,8-10H2,1H3,(H2,18,19,22). The summed E-state index contributed by atoms with van der Waals surface area (Å²) in [6.07, 6.45) is 3.31. The molecule has 2 unspecified atom stereocenters. The van der Waals surface area contributed by atoms with Gasteiger partial charge < -0.3 is 20.6 Å². The average molecular weight is 310 g/mol. The number of halogens is 1. The Bertz CT molecular complexity index is 500. The van der Waals surface area contributed by atoms with Crippen molar-refractivity contribution < 1.29 is 14.3 Å². The van der Waals surface area contributed by atoms with Gasteiger partial charge in [-0.05, 0) is 25.0 Å². The Labute approximate surface area is 129 Å². The fourth-order valence-electron chi connectivity index (χ4n) is 2.56. The van der Waals surface area contributed by atoms with E-state index in [2.05, 4.69) is 15.6 Å². The number of rotatable bonds is 6. The second kappa shape index (κ2) is 7.93. The molecule has 2 rings (SSSR count). The third kappa shape index (κ3) is 4.56. The zero-order valence-corrected chi connectivity index (χ0v) is 12.8. The van der Waals surface area contributed by atoms with Crippen molar-refractivity contribution in [1.82, 2.24) is 15.6 Å². The second-order valence-corrected chi connectivity index (χ2v) is 5.54. The van der Waals surface area contributed by atoms with Crippen LogP contribution in [0, 0.1) is 5.82 Å². The van der Waals surface area contributed by atoms with Crippen LogP contribution in [0.3, 0.4) is 0 Å².